The Hall–Kier alpha value is -2.71. The molecule has 0 aromatic carbocycles. The van der Waals surface area contributed by atoms with Crippen LogP contribution in [0.25, 0.3) is 4.85 Å². The van der Waals surface area contributed by atoms with Crippen LogP contribution in [0.3, 0.4) is 0 Å². The van der Waals surface area contributed by atoms with Crippen molar-refractivity contribution in [3.05, 3.63) is 11.4 Å². The van der Waals surface area contributed by atoms with Gasteiger partial charge in [0.05, 0.1) is 0 Å². The van der Waals surface area contributed by atoms with E-state index in [1.807, 2.05) is 0 Å². The van der Waals surface area contributed by atoms with Crippen molar-refractivity contribution < 1.29 is 0 Å². The maximum absolute atomic E-state index is 6.28. The largest absolute Gasteiger partial charge is 0.193 e. The molecule has 0 aliphatic rings. The molecule has 0 saturated carbocycles. The summed E-state index contributed by atoms with van der Waals surface area (Å²) in [6, 6.07) is 2.08. The fourth-order valence-electron chi connectivity index (χ4n) is 0.248. The molecule has 0 amide bonds. The molecule has 0 radical (unpaired) electrons. The summed E-state index contributed by atoms with van der Waals surface area (Å²) in [4.78, 5) is 2.77. The van der Waals surface area contributed by atoms with Crippen LogP contribution in [0.15, 0.2) is 0 Å². The molecule has 12 heavy (non-hydrogen) atoms. The summed E-state index contributed by atoms with van der Waals surface area (Å²) < 4.78 is 0. The predicted molar refractivity (Wildman–Crippen MR) is 46.5 cm³/mol. The average Bonchev–Trinajstić information content (AvgIpc) is 2.10. The van der Waals surface area contributed by atoms with Crippen molar-refractivity contribution in [3.8, 4) is 59.8 Å². The lowest BCUT2D eigenvalue weighted by Crippen LogP contribution is -1.52. The minimum absolute atomic E-state index is 2.08. The van der Waals surface area contributed by atoms with Crippen molar-refractivity contribution in [2.75, 3.05) is 0 Å². The van der Waals surface area contributed by atoms with Crippen molar-refractivity contribution in [2.24, 2.45) is 0 Å². The van der Waals surface area contributed by atoms with Gasteiger partial charge in [-0.2, -0.15) is 4.85 Å². The lowest BCUT2D eigenvalue weighted by atomic mass is 10.5. The Morgan fingerprint density at radius 1 is 0.833 bits per heavy atom. The predicted octanol–water partition coefficient (Wildman–Crippen LogP) is 0.510. The van der Waals surface area contributed by atoms with Gasteiger partial charge < -0.3 is 0 Å². The second-order valence-corrected chi connectivity index (χ2v) is 1.24. The molecule has 0 aliphatic heterocycles. The first-order valence-corrected chi connectivity index (χ1v) is 2.74. The number of terminal acetylenes is 1. The van der Waals surface area contributed by atoms with Crippen LogP contribution in [0.5, 0.6) is 0 Å². The van der Waals surface area contributed by atoms with Gasteiger partial charge in [-0.1, -0.05) is 0 Å². The van der Waals surface area contributed by atoms with E-state index >= 15 is 0 Å². The van der Waals surface area contributed by atoms with Crippen LogP contribution in [0, 0.1) is 66.4 Å². The van der Waals surface area contributed by atoms with Crippen molar-refractivity contribution in [1.29, 1.82) is 0 Å². The number of hydrogen-bond acceptors (Lipinski definition) is 0. The lowest BCUT2D eigenvalue weighted by molar-refractivity contribution is 2.24. The smallest absolute Gasteiger partial charge is 0.146 e. The molecule has 0 rings (SSSR count). The summed E-state index contributed by atoms with van der Waals surface area (Å²) in [5, 5.41) is 0. The summed E-state index contributed by atoms with van der Waals surface area (Å²) in [5.41, 5.74) is 0. The van der Waals surface area contributed by atoms with Crippen molar-refractivity contribution >= 4 is 0 Å². The minimum atomic E-state index is 2.08. The van der Waals surface area contributed by atoms with Gasteiger partial charge in [0, 0.05) is 0 Å². The Bertz CT molecular complexity index is 417. The second kappa shape index (κ2) is 8.29. The third kappa shape index (κ3) is 7.29. The Kier molecular flexibility index (Phi) is 6.42. The second-order valence-electron chi connectivity index (χ2n) is 1.24. The summed E-state index contributed by atoms with van der Waals surface area (Å²) in [6.07, 6.45) is 4.83. The van der Waals surface area contributed by atoms with Gasteiger partial charge in [0.2, 0.25) is 0 Å². The normalized spacial score (nSPS) is 3.50. The van der Waals surface area contributed by atoms with Gasteiger partial charge in [-0.05, 0) is 47.4 Å². The third-order valence-corrected chi connectivity index (χ3v) is 0.559. The molecule has 0 heterocycles. The Morgan fingerprint density at radius 3 is 1.83 bits per heavy atom. The quantitative estimate of drug-likeness (QED) is 0.347. The van der Waals surface area contributed by atoms with Gasteiger partial charge in [-0.3, -0.25) is 0 Å². The molecule has 1 heteroatoms. The van der Waals surface area contributed by atoms with Gasteiger partial charge >= 0.3 is 0 Å². The standard InChI is InChI=1S/C11HN/c1-3-4-5-6-7-8-9-10-11-12-2/h1H. The zero-order valence-electron chi connectivity index (χ0n) is 6.02. The average molecular weight is 147 g/mol. The van der Waals surface area contributed by atoms with E-state index < -0.39 is 0 Å². The molecular formula is C11HN. The highest BCUT2D eigenvalue weighted by atomic mass is 14.6. The lowest BCUT2D eigenvalue weighted by Gasteiger charge is -1.54. The number of rotatable bonds is 0. The Morgan fingerprint density at radius 2 is 1.33 bits per heavy atom. The van der Waals surface area contributed by atoms with Gasteiger partial charge in [-0.15, -0.1) is 6.42 Å². The summed E-state index contributed by atoms with van der Waals surface area (Å²) in [6.45, 7) is 6.28. The number of hydrogen-bond donors (Lipinski definition) is 0. The van der Waals surface area contributed by atoms with Crippen molar-refractivity contribution in [1.82, 2.24) is 0 Å². The molecule has 0 atom stereocenters. The monoisotopic (exact) mass is 147 g/mol. The molecule has 0 N–H and O–H groups in total. The first kappa shape index (κ1) is 9.29. The Balaban J connectivity index is 4.12. The zero-order chi connectivity index (χ0) is 9.07. The Labute approximate surface area is 72.0 Å². The van der Waals surface area contributed by atoms with Gasteiger partial charge in [0.25, 0.3) is 0 Å². The van der Waals surface area contributed by atoms with Crippen LogP contribution in [-0.4, -0.2) is 0 Å². The molecular weight excluding hydrogens is 146 g/mol. The van der Waals surface area contributed by atoms with Crippen LogP contribution < -0.4 is 0 Å². The number of nitrogens with zero attached hydrogens (tertiary/aromatic N) is 1. The molecule has 0 bridgehead atoms. The highest BCUT2D eigenvalue weighted by Gasteiger charge is 1.54. The molecule has 0 unspecified atom stereocenters. The van der Waals surface area contributed by atoms with E-state index in [1.54, 1.807) is 0 Å². The van der Waals surface area contributed by atoms with E-state index in [1.165, 1.54) is 0 Å². The summed E-state index contributed by atoms with van der Waals surface area (Å²) in [7, 11) is 0. The fourth-order valence-corrected chi connectivity index (χ4v) is 0.248. The van der Waals surface area contributed by atoms with Crippen LogP contribution >= 0.6 is 0 Å². The first-order valence-electron chi connectivity index (χ1n) is 2.74. The van der Waals surface area contributed by atoms with Crippen LogP contribution in [0.4, 0.5) is 0 Å². The molecule has 50 valence electrons. The molecule has 0 aromatic rings. The van der Waals surface area contributed by atoms with E-state index in [4.69, 9.17) is 13.0 Å². The molecule has 1 nitrogen and oxygen atoms in total. The molecule has 0 aliphatic carbocycles. The molecule has 0 spiro atoms. The fraction of sp³-hybridized carbons (Fsp3) is 0. The summed E-state index contributed by atoms with van der Waals surface area (Å²) >= 11 is 0. The minimum Gasteiger partial charge on any atom is -0.193 e. The zero-order valence-corrected chi connectivity index (χ0v) is 6.02. The maximum atomic E-state index is 6.28. The molecule has 0 fully saturated rings. The van der Waals surface area contributed by atoms with Gasteiger partial charge in [0.15, 0.2) is 0 Å². The van der Waals surface area contributed by atoms with Gasteiger partial charge in [0.1, 0.15) is 12.6 Å². The van der Waals surface area contributed by atoms with E-state index in [0.29, 0.717) is 0 Å². The van der Waals surface area contributed by atoms with Crippen LogP contribution in [0.1, 0.15) is 0 Å². The van der Waals surface area contributed by atoms with E-state index in [0.717, 1.165) is 0 Å². The molecule has 0 saturated heterocycles. The van der Waals surface area contributed by atoms with E-state index in [-0.39, 0.29) is 0 Å². The van der Waals surface area contributed by atoms with E-state index in [2.05, 4.69) is 58.3 Å². The van der Waals surface area contributed by atoms with Gasteiger partial charge in [-0.25, -0.2) is 0 Å². The maximum Gasteiger partial charge on any atom is 0.146 e. The summed E-state index contributed by atoms with van der Waals surface area (Å²) in [5.74, 6) is 18.5. The van der Waals surface area contributed by atoms with Crippen LogP contribution in [0.2, 0.25) is 0 Å². The highest BCUT2D eigenvalue weighted by molar-refractivity contribution is 5.42. The highest BCUT2D eigenvalue weighted by Crippen LogP contribution is 1.56. The topological polar surface area (TPSA) is 4.36 Å². The van der Waals surface area contributed by atoms with Crippen molar-refractivity contribution in [2.45, 2.75) is 0 Å². The van der Waals surface area contributed by atoms with Crippen molar-refractivity contribution in [3.63, 3.8) is 0 Å². The first-order chi connectivity index (χ1) is 5.91. The third-order valence-electron chi connectivity index (χ3n) is 0.559. The van der Waals surface area contributed by atoms with E-state index in [9.17, 15) is 0 Å². The van der Waals surface area contributed by atoms with Crippen LogP contribution in [-0.2, 0) is 0 Å². The molecule has 0 aromatic heterocycles. The SMILES string of the molecule is [C-]#[N+]C#CC#CC#CC#CC#C.